The Balaban J connectivity index is 2.55. The normalized spacial score (nSPS) is 10.1. The molecule has 2 rings (SSSR count). The van der Waals surface area contributed by atoms with Crippen LogP contribution < -0.4 is 0 Å². The zero-order valence-corrected chi connectivity index (χ0v) is 7.47. The van der Waals surface area contributed by atoms with Crippen molar-refractivity contribution in [3.63, 3.8) is 0 Å². The molecule has 0 fully saturated rings. The van der Waals surface area contributed by atoms with E-state index < -0.39 is 0 Å². The molecule has 1 heterocycles. The van der Waals surface area contributed by atoms with Crippen molar-refractivity contribution >= 4 is 5.69 Å². The molecule has 1 aromatic carbocycles. The van der Waals surface area contributed by atoms with Crippen molar-refractivity contribution in [1.82, 2.24) is 10.2 Å². The van der Waals surface area contributed by atoms with E-state index in [0.717, 1.165) is 0 Å². The van der Waals surface area contributed by atoms with Crippen molar-refractivity contribution in [2.45, 2.75) is 6.92 Å². The van der Waals surface area contributed by atoms with E-state index >= 15 is 0 Å². The molecule has 0 bridgehead atoms. The zero-order chi connectivity index (χ0) is 9.97. The van der Waals surface area contributed by atoms with Crippen LogP contribution in [0.15, 0.2) is 33.9 Å². The van der Waals surface area contributed by atoms with Gasteiger partial charge in [0, 0.05) is 6.92 Å². The van der Waals surface area contributed by atoms with Gasteiger partial charge >= 0.3 is 0 Å². The number of aryl methyl sites for hydroxylation is 1. The van der Waals surface area contributed by atoms with Crippen molar-refractivity contribution in [1.29, 1.82) is 0 Å². The Morgan fingerprint density at radius 3 is 2.71 bits per heavy atom. The standard InChI is InChI=1S/C9H7N3O2/c1-6-10-11-9(14-6)7-4-2-3-5-8(7)12-13/h2-5H,1H3. The molecule has 0 saturated carbocycles. The van der Waals surface area contributed by atoms with Gasteiger partial charge in [-0.25, -0.2) is 0 Å². The molecule has 0 amide bonds. The summed E-state index contributed by atoms with van der Waals surface area (Å²) in [5.74, 6) is 0.776. The molecule has 5 nitrogen and oxygen atoms in total. The molecule has 2 aromatic rings. The molecule has 0 aliphatic heterocycles. The Labute approximate surface area is 79.8 Å². The maximum atomic E-state index is 10.5. The Bertz CT molecular complexity index is 465. The van der Waals surface area contributed by atoms with Crippen LogP contribution in [-0.4, -0.2) is 10.2 Å². The van der Waals surface area contributed by atoms with Gasteiger partial charge in [-0.15, -0.1) is 15.1 Å². The van der Waals surface area contributed by atoms with Crippen LogP contribution in [0.1, 0.15) is 5.89 Å². The van der Waals surface area contributed by atoms with Crippen molar-refractivity contribution in [2.24, 2.45) is 5.18 Å². The van der Waals surface area contributed by atoms with Gasteiger partial charge in [0.15, 0.2) is 0 Å². The zero-order valence-electron chi connectivity index (χ0n) is 7.47. The molecule has 70 valence electrons. The second-order valence-corrected chi connectivity index (χ2v) is 2.73. The van der Waals surface area contributed by atoms with Crippen LogP contribution in [0.2, 0.25) is 0 Å². The molecule has 1 aromatic heterocycles. The summed E-state index contributed by atoms with van der Waals surface area (Å²) in [5, 5.41) is 10.4. The van der Waals surface area contributed by atoms with Gasteiger partial charge in [-0.2, -0.15) is 0 Å². The SMILES string of the molecule is Cc1nnc(-c2ccccc2N=O)o1. The van der Waals surface area contributed by atoms with E-state index in [9.17, 15) is 4.91 Å². The third-order valence-corrected chi connectivity index (χ3v) is 1.76. The molecular formula is C9H7N3O2. The van der Waals surface area contributed by atoms with Gasteiger partial charge in [0.2, 0.25) is 11.8 Å². The Hall–Kier alpha value is -2.04. The van der Waals surface area contributed by atoms with E-state index in [1.165, 1.54) is 0 Å². The van der Waals surface area contributed by atoms with Crippen LogP contribution in [0, 0.1) is 11.8 Å². The van der Waals surface area contributed by atoms with E-state index in [0.29, 0.717) is 23.0 Å². The molecule has 0 aliphatic rings. The first-order valence-electron chi connectivity index (χ1n) is 4.04. The first-order valence-corrected chi connectivity index (χ1v) is 4.04. The predicted molar refractivity (Wildman–Crippen MR) is 49.9 cm³/mol. The van der Waals surface area contributed by atoms with Crippen molar-refractivity contribution in [2.75, 3.05) is 0 Å². The van der Waals surface area contributed by atoms with Gasteiger partial charge in [0.25, 0.3) is 0 Å². The lowest BCUT2D eigenvalue weighted by atomic mass is 10.2. The summed E-state index contributed by atoms with van der Waals surface area (Å²) in [5.41, 5.74) is 0.860. The lowest BCUT2D eigenvalue weighted by Gasteiger charge is -1.95. The molecule has 0 saturated heterocycles. The Kier molecular flexibility index (Phi) is 2.06. The van der Waals surface area contributed by atoms with E-state index in [2.05, 4.69) is 15.4 Å². The maximum Gasteiger partial charge on any atom is 0.250 e. The quantitative estimate of drug-likeness (QED) is 0.680. The number of hydrogen-bond acceptors (Lipinski definition) is 5. The number of aromatic nitrogens is 2. The monoisotopic (exact) mass is 189 g/mol. The predicted octanol–water partition coefficient (Wildman–Crippen LogP) is 2.44. The third kappa shape index (κ3) is 1.39. The highest BCUT2D eigenvalue weighted by atomic mass is 16.4. The molecular weight excluding hydrogens is 182 g/mol. The molecule has 0 spiro atoms. The molecule has 5 heteroatoms. The van der Waals surface area contributed by atoms with Crippen LogP contribution in [0.3, 0.4) is 0 Å². The van der Waals surface area contributed by atoms with Crippen molar-refractivity contribution in [3.05, 3.63) is 35.1 Å². The Morgan fingerprint density at radius 2 is 2.07 bits per heavy atom. The van der Waals surface area contributed by atoms with Crippen LogP contribution >= 0.6 is 0 Å². The second-order valence-electron chi connectivity index (χ2n) is 2.73. The van der Waals surface area contributed by atoms with Gasteiger partial charge in [-0.3, -0.25) is 0 Å². The number of hydrogen-bond donors (Lipinski definition) is 0. The highest BCUT2D eigenvalue weighted by Gasteiger charge is 2.10. The molecule has 0 aliphatic carbocycles. The fourth-order valence-electron chi connectivity index (χ4n) is 1.14. The summed E-state index contributed by atoms with van der Waals surface area (Å²) >= 11 is 0. The summed E-state index contributed by atoms with van der Waals surface area (Å²) < 4.78 is 5.19. The summed E-state index contributed by atoms with van der Waals surface area (Å²) in [6, 6.07) is 6.82. The lowest BCUT2D eigenvalue weighted by molar-refractivity contribution is 0.533. The van der Waals surface area contributed by atoms with E-state index in [1.807, 2.05) is 0 Å². The number of nitroso groups, excluding NO2 is 1. The maximum absolute atomic E-state index is 10.5. The van der Waals surface area contributed by atoms with Crippen molar-refractivity contribution in [3.8, 4) is 11.5 Å². The number of benzene rings is 1. The van der Waals surface area contributed by atoms with Crippen LogP contribution in [-0.2, 0) is 0 Å². The number of rotatable bonds is 2. The van der Waals surface area contributed by atoms with Crippen LogP contribution in [0.25, 0.3) is 11.5 Å². The van der Waals surface area contributed by atoms with Gasteiger partial charge in [-0.1, -0.05) is 12.1 Å². The van der Waals surface area contributed by atoms with Crippen molar-refractivity contribution < 1.29 is 4.42 Å². The third-order valence-electron chi connectivity index (χ3n) is 1.76. The van der Waals surface area contributed by atoms with Gasteiger partial charge in [-0.05, 0) is 17.3 Å². The molecule has 0 unspecified atom stereocenters. The topological polar surface area (TPSA) is 68.3 Å². The van der Waals surface area contributed by atoms with Gasteiger partial charge in [0.05, 0.1) is 5.56 Å². The fourth-order valence-corrected chi connectivity index (χ4v) is 1.14. The molecule has 14 heavy (non-hydrogen) atoms. The van der Waals surface area contributed by atoms with E-state index in [1.54, 1.807) is 31.2 Å². The first kappa shape index (κ1) is 8.55. The van der Waals surface area contributed by atoms with Crippen LogP contribution in [0.5, 0.6) is 0 Å². The summed E-state index contributed by atoms with van der Waals surface area (Å²) in [6.45, 7) is 1.69. The highest BCUT2D eigenvalue weighted by Crippen LogP contribution is 2.28. The lowest BCUT2D eigenvalue weighted by Crippen LogP contribution is -1.78. The fraction of sp³-hybridized carbons (Fsp3) is 0.111. The Morgan fingerprint density at radius 1 is 1.29 bits per heavy atom. The van der Waals surface area contributed by atoms with Gasteiger partial charge < -0.3 is 4.42 Å². The average Bonchev–Trinajstić information content (AvgIpc) is 2.65. The minimum Gasteiger partial charge on any atom is -0.421 e. The smallest absolute Gasteiger partial charge is 0.250 e. The first-order chi connectivity index (χ1) is 6.81. The second kappa shape index (κ2) is 3.37. The van der Waals surface area contributed by atoms with Gasteiger partial charge in [0.1, 0.15) is 5.69 Å². The number of nitrogens with zero attached hydrogens (tertiary/aromatic N) is 3. The molecule has 0 radical (unpaired) electrons. The summed E-state index contributed by atoms with van der Waals surface area (Å²) in [6.07, 6.45) is 0. The molecule has 0 N–H and O–H groups in total. The minimum absolute atomic E-state index is 0.302. The minimum atomic E-state index is 0.302. The van der Waals surface area contributed by atoms with Crippen LogP contribution in [0.4, 0.5) is 5.69 Å². The largest absolute Gasteiger partial charge is 0.421 e. The summed E-state index contributed by atoms with van der Waals surface area (Å²) in [7, 11) is 0. The highest BCUT2D eigenvalue weighted by molar-refractivity contribution is 5.69. The average molecular weight is 189 g/mol. The molecule has 0 atom stereocenters. The van der Waals surface area contributed by atoms with E-state index in [-0.39, 0.29) is 0 Å². The summed E-state index contributed by atoms with van der Waals surface area (Å²) in [4.78, 5) is 10.5. The van der Waals surface area contributed by atoms with E-state index in [4.69, 9.17) is 4.42 Å².